The molecule has 0 aliphatic carbocycles. The minimum absolute atomic E-state index is 0.179. The zero-order valence-corrected chi connectivity index (χ0v) is 6.79. The fourth-order valence-electron chi connectivity index (χ4n) is 0.532. The first-order chi connectivity index (χ1) is 4.22. The third-order valence-corrected chi connectivity index (χ3v) is 1.89. The molecule has 0 bridgehead atoms. The number of nitrogens with two attached hydrogens (primary N) is 1. The summed E-state index contributed by atoms with van der Waals surface area (Å²) < 4.78 is 0.785. The van der Waals surface area contributed by atoms with E-state index in [0.29, 0.717) is 5.69 Å². The summed E-state index contributed by atoms with van der Waals surface area (Å²) in [5.74, 6) is 0.179. The number of hydrogen-bond acceptors (Lipinski definition) is 2. The molecule has 9 heavy (non-hydrogen) atoms. The van der Waals surface area contributed by atoms with Crippen molar-refractivity contribution >= 4 is 28.3 Å². The third-order valence-electron chi connectivity index (χ3n) is 1.02. The highest BCUT2D eigenvalue weighted by molar-refractivity contribution is 14.1. The monoisotopic (exact) mass is 235 g/mol. The van der Waals surface area contributed by atoms with Crippen molar-refractivity contribution in [2.75, 3.05) is 5.73 Å². The number of para-hydroxylation sites is 1. The van der Waals surface area contributed by atoms with Crippen molar-refractivity contribution in [1.29, 1.82) is 0 Å². The molecule has 1 rings (SSSR count). The van der Waals surface area contributed by atoms with Crippen LogP contribution < -0.4 is 5.73 Å². The Morgan fingerprint density at radius 3 is 2.56 bits per heavy atom. The van der Waals surface area contributed by atoms with Gasteiger partial charge in [0.05, 0.1) is 9.26 Å². The van der Waals surface area contributed by atoms with Gasteiger partial charge in [-0.25, -0.2) is 0 Å². The first-order valence-corrected chi connectivity index (χ1v) is 3.52. The Hall–Kier alpha value is -0.450. The molecule has 1 aromatic rings. The Bertz CT molecular complexity index is 204. The molecule has 0 aliphatic heterocycles. The zero-order valence-electron chi connectivity index (χ0n) is 4.63. The van der Waals surface area contributed by atoms with Crippen molar-refractivity contribution in [2.45, 2.75) is 0 Å². The summed E-state index contributed by atoms with van der Waals surface area (Å²) in [5.41, 5.74) is 5.80. The van der Waals surface area contributed by atoms with Crippen LogP contribution in [-0.4, -0.2) is 5.11 Å². The molecule has 0 spiro atoms. The van der Waals surface area contributed by atoms with Crippen LogP contribution >= 0.6 is 22.6 Å². The van der Waals surface area contributed by atoms with Crippen LogP contribution in [0.5, 0.6) is 5.75 Å². The largest absolute Gasteiger partial charge is 0.505 e. The molecule has 0 radical (unpaired) electrons. The van der Waals surface area contributed by atoms with Crippen molar-refractivity contribution in [3.63, 3.8) is 0 Å². The predicted molar refractivity (Wildman–Crippen MR) is 45.2 cm³/mol. The molecule has 0 atom stereocenters. The van der Waals surface area contributed by atoms with Gasteiger partial charge in [-0.2, -0.15) is 0 Å². The number of benzene rings is 1. The molecule has 3 heteroatoms. The quantitative estimate of drug-likeness (QED) is 0.407. The van der Waals surface area contributed by atoms with Crippen LogP contribution in [-0.2, 0) is 0 Å². The van der Waals surface area contributed by atoms with Gasteiger partial charge in [-0.05, 0) is 34.7 Å². The normalized spacial score (nSPS) is 9.44. The average Bonchev–Trinajstić information content (AvgIpc) is 1.83. The number of nitrogen functional groups attached to an aromatic ring is 1. The van der Waals surface area contributed by atoms with Gasteiger partial charge < -0.3 is 10.8 Å². The Morgan fingerprint density at radius 2 is 2.11 bits per heavy atom. The van der Waals surface area contributed by atoms with Gasteiger partial charge >= 0.3 is 0 Å². The number of hydrogen-bond donors (Lipinski definition) is 2. The number of phenols is 1. The summed E-state index contributed by atoms with van der Waals surface area (Å²) in [6.07, 6.45) is 0. The molecule has 0 aliphatic rings. The summed E-state index contributed by atoms with van der Waals surface area (Å²) >= 11 is 2.02. The van der Waals surface area contributed by atoms with Crippen LogP contribution in [0.2, 0.25) is 0 Å². The maximum Gasteiger partial charge on any atom is 0.151 e. The van der Waals surface area contributed by atoms with Crippen molar-refractivity contribution in [3.05, 3.63) is 21.8 Å². The SMILES string of the molecule is Nc1cccc(I)c1O. The van der Waals surface area contributed by atoms with E-state index in [2.05, 4.69) is 0 Å². The molecule has 0 saturated heterocycles. The van der Waals surface area contributed by atoms with Crippen molar-refractivity contribution < 1.29 is 5.11 Å². The lowest BCUT2D eigenvalue weighted by molar-refractivity contribution is 0.474. The van der Waals surface area contributed by atoms with Crippen LogP contribution in [0, 0.1) is 3.57 Å². The zero-order chi connectivity index (χ0) is 6.85. The molecular formula is C6H6INO. The molecule has 2 nitrogen and oxygen atoms in total. The Labute approximate surface area is 66.8 Å². The van der Waals surface area contributed by atoms with E-state index in [1.165, 1.54) is 0 Å². The van der Waals surface area contributed by atoms with Crippen LogP contribution in [0.4, 0.5) is 5.69 Å². The Morgan fingerprint density at radius 1 is 1.44 bits per heavy atom. The fourth-order valence-corrected chi connectivity index (χ4v) is 1.05. The minimum atomic E-state index is 0.179. The van der Waals surface area contributed by atoms with Gasteiger partial charge in [0, 0.05) is 0 Å². The van der Waals surface area contributed by atoms with Crippen LogP contribution in [0.15, 0.2) is 18.2 Å². The van der Waals surface area contributed by atoms with Crippen molar-refractivity contribution in [3.8, 4) is 5.75 Å². The second kappa shape index (κ2) is 2.43. The van der Waals surface area contributed by atoms with E-state index in [-0.39, 0.29) is 5.75 Å². The lowest BCUT2D eigenvalue weighted by atomic mass is 10.3. The number of anilines is 1. The standard InChI is InChI=1S/C6H6INO/c7-4-2-1-3-5(8)6(4)9/h1-3,9H,8H2. The number of aromatic hydroxyl groups is 1. The van der Waals surface area contributed by atoms with Crippen LogP contribution in [0.1, 0.15) is 0 Å². The predicted octanol–water partition coefficient (Wildman–Crippen LogP) is 1.58. The van der Waals surface area contributed by atoms with E-state index in [1.54, 1.807) is 18.2 Å². The fraction of sp³-hybridized carbons (Fsp3) is 0. The summed E-state index contributed by atoms with van der Waals surface area (Å²) in [7, 11) is 0. The second-order valence-electron chi connectivity index (χ2n) is 1.68. The maximum absolute atomic E-state index is 9.07. The summed E-state index contributed by atoms with van der Waals surface area (Å²) in [6, 6.07) is 5.26. The number of halogens is 1. The summed E-state index contributed by atoms with van der Waals surface area (Å²) in [6.45, 7) is 0. The Kier molecular flexibility index (Phi) is 1.80. The van der Waals surface area contributed by atoms with Gasteiger partial charge in [0.2, 0.25) is 0 Å². The molecule has 1 aromatic carbocycles. The van der Waals surface area contributed by atoms with Gasteiger partial charge in [0.1, 0.15) is 0 Å². The first kappa shape index (κ1) is 6.67. The first-order valence-electron chi connectivity index (χ1n) is 2.45. The third kappa shape index (κ3) is 1.27. The number of rotatable bonds is 0. The highest BCUT2D eigenvalue weighted by atomic mass is 127. The van der Waals surface area contributed by atoms with Crippen LogP contribution in [0.25, 0.3) is 0 Å². The molecule has 0 heterocycles. The molecule has 0 saturated carbocycles. The van der Waals surface area contributed by atoms with E-state index in [0.717, 1.165) is 3.57 Å². The van der Waals surface area contributed by atoms with E-state index in [9.17, 15) is 0 Å². The lowest BCUT2D eigenvalue weighted by Gasteiger charge is -1.97. The van der Waals surface area contributed by atoms with Crippen molar-refractivity contribution in [2.24, 2.45) is 0 Å². The maximum atomic E-state index is 9.07. The highest BCUT2D eigenvalue weighted by Crippen LogP contribution is 2.24. The van der Waals surface area contributed by atoms with E-state index >= 15 is 0 Å². The summed E-state index contributed by atoms with van der Waals surface area (Å²) in [4.78, 5) is 0. The number of phenolic OH excluding ortho intramolecular Hbond substituents is 1. The smallest absolute Gasteiger partial charge is 0.151 e. The molecular weight excluding hydrogens is 229 g/mol. The van der Waals surface area contributed by atoms with Gasteiger partial charge in [0.15, 0.2) is 5.75 Å². The molecule has 0 unspecified atom stereocenters. The molecule has 48 valence electrons. The highest BCUT2D eigenvalue weighted by Gasteiger charge is 1.97. The average molecular weight is 235 g/mol. The molecule has 3 N–H and O–H groups in total. The summed E-state index contributed by atoms with van der Waals surface area (Å²) in [5, 5.41) is 9.07. The van der Waals surface area contributed by atoms with Gasteiger partial charge in [-0.3, -0.25) is 0 Å². The molecule has 0 fully saturated rings. The minimum Gasteiger partial charge on any atom is -0.505 e. The van der Waals surface area contributed by atoms with Crippen LogP contribution in [0.3, 0.4) is 0 Å². The molecule has 0 aromatic heterocycles. The molecule has 0 amide bonds. The van der Waals surface area contributed by atoms with E-state index in [1.807, 2.05) is 22.6 Å². The van der Waals surface area contributed by atoms with E-state index in [4.69, 9.17) is 10.8 Å². The van der Waals surface area contributed by atoms with Gasteiger partial charge in [0.25, 0.3) is 0 Å². The lowest BCUT2D eigenvalue weighted by Crippen LogP contribution is -1.85. The van der Waals surface area contributed by atoms with Gasteiger partial charge in [-0.1, -0.05) is 6.07 Å². The second-order valence-corrected chi connectivity index (χ2v) is 2.84. The Balaban J connectivity index is 3.25. The van der Waals surface area contributed by atoms with E-state index < -0.39 is 0 Å². The van der Waals surface area contributed by atoms with Gasteiger partial charge in [-0.15, -0.1) is 0 Å². The topological polar surface area (TPSA) is 46.2 Å². The van der Waals surface area contributed by atoms with Crippen molar-refractivity contribution in [1.82, 2.24) is 0 Å².